The monoisotopic (exact) mass is 532 g/mol. The molecule has 0 heterocycles. The molecule has 0 radical (unpaired) electrons. The summed E-state index contributed by atoms with van der Waals surface area (Å²) in [4.78, 5) is 11.2. The van der Waals surface area contributed by atoms with E-state index in [4.69, 9.17) is 16.9 Å². The van der Waals surface area contributed by atoms with Gasteiger partial charge >= 0.3 is 0 Å². The third kappa shape index (κ3) is 6.27. The van der Waals surface area contributed by atoms with Crippen molar-refractivity contribution in [3.05, 3.63) is 162 Å². The van der Waals surface area contributed by atoms with Crippen molar-refractivity contribution in [3.63, 3.8) is 0 Å². The van der Waals surface area contributed by atoms with Gasteiger partial charge in [0, 0.05) is 17.0 Å². The van der Waals surface area contributed by atoms with Gasteiger partial charge in [-0.25, -0.2) is 0 Å². The molecular weight excluding hydrogens is 505 g/mol. The van der Waals surface area contributed by atoms with Gasteiger partial charge in [0.1, 0.15) is 23.2 Å². The van der Waals surface area contributed by atoms with Gasteiger partial charge in [-0.2, -0.15) is 5.26 Å². The molecular formula is C34H28ClNOP+. The molecule has 0 unspecified atom stereocenters. The van der Waals surface area contributed by atoms with Gasteiger partial charge in [0.25, 0.3) is 0 Å². The van der Waals surface area contributed by atoms with Crippen LogP contribution in [0.15, 0.2) is 156 Å². The zero-order chi connectivity index (χ0) is 26.8. The second-order valence-corrected chi connectivity index (χ2v) is 12.7. The van der Waals surface area contributed by atoms with Crippen molar-refractivity contribution in [3.8, 4) is 6.07 Å². The first-order valence-electron chi connectivity index (χ1n) is 12.3. The standard InChI is InChI=1S/C25H22P.C9H6ClNO/c1-5-13-22(14-6-1)21-26(23-15-7-2-8-16-23,24-17-9-3-10-18-24)25-19-11-4-12-20-25;1-6(5-11)8-4-7(10)2-3-9(8)12/h1-20H,21H2;2,4H,1,3H2/q+1;. The molecule has 4 aromatic rings. The summed E-state index contributed by atoms with van der Waals surface area (Å²) in [6.45, 7) is 3.45. The first-order chi connectivity index (χ1) is 18.5. The van der Waals surface area contributed by atoms with Crippen molar-refractivity contribution in [1.82, 2.24) is 0 Å². The number of Topliss-reactive ketones (excluding diaryl/α,β-unsaturated/α-hetero) is 1. The van der Waals surface area contributed by atoms with Crippen molar-refractivity contribution in [1.29, 1.82) is 5.26 Å². The van der Waals surface area contributed by atoms with Crippen LogP contribution in [-0.2, 0) is 11.0 Å². The van der Waals surface area contributed by atoms with Crippen LogP contribution in [0.25, 0.3) is 0 Å². The third-order valence-corrected chi connectivity index (χ3v) is 11.0. The van der Waals surface area contributed by atoms with E-state index in [1.165, 1.54) is 27.6 Å². The normalized spacial score (nSPS) is 12.8. The fourth-order valence-corrected chi connectivity index (χ4v) is 8.95. The summed E-state index contributed by atoms with van der Waals surface area (Å²) in [6, 6.07) is 45.8. The van der Waals surface area contributed by atoms with Gasteiger partial charge in [0.15, 0.2) is 5.78 Å². The Morgan fingerprint density at radius 1 is 0.763 bits per heavy atom. The van der Waals surface area contributed by atoms with E-state index in [-0.39, 0.29) is 17.8 Å². The molecule has 0 N–H and O–H groups in total. The van der Waals surface area contributed by atoms with E-state index in [2.05, 4.69) is 128 Å². The lowest BCUT2D eigenvalue weighted by molar-refractivity contribution is -0.114. The van der Waals surface area contributed by atoms with E-state index in [0.717, 1.165) is 6.16 Å². The lowest BCUT2D eigenvalue weighted by Gasteiger charge is -2.27. The maximum Gasteiger partial charge on any atom is 0.168 e. The van der Waals surface area contributed by atoms with Gasteiger partial charge in [-0.15, -0.1) is 0 Å². The average Bonchev–Trinajstić information content (AvgIpc) is 2.99. The number of benzene rings is 4. The van der Waals surface area contributed by atoms with Crippen molar-refractivity contribution in [2.45, 2.75) is 12.6 Å². The Hall–Kier alpha value is -4.02. The number of nitriles is 1. The zero-order valence-electron chi connectivity index (χ0n) is 21.0. The topological polar surface area (TPSA) is 40.9 Å². The van der Waals surface area contributed by atoms with Crippen molar-refractivity contribution >= 4 is 40.6 Å². The summed E-state index contributed by atoms with van der Waals surface area (Å²) in [5.41, 5.74) is 1.88. The molecule has 0 amide bonds. The molecule has 186 valence electrons. The molecule has 1 aliphatic rings. The number of halogens is 1. The summed E-state index contributed by atoms with van der Waals surface area (Å²) in [5.74, 6) is -0.106. The van der Waals surface area contributed by atoms with Crippen molar-refractivity contribution in [2.24, 2.45) is 0 Å². The summed E-state index contributed by atoms with van der Waals surface area (Å²) in [5, 5.41) is 13.3. The highest BCUT2D eigenvalue weighted by molar-refractivity contribution is 7.95. The first-order valence-corrected chi connectivity index (χ1v) is 14.7. The van der Waals surface area contributed by atoms with Gasteiger partial charge in [-0.3, -0.25) is 4.79 Å². The van der Waals surface area contributed by atoms with E-state index in [1.807, 2.05) is 6.07 Å². The number of carbonyl (C=O) groups is 1. The Bertz CT molecular complexity index is 1390. The molecule has 0 saturated heterocycles. The molecule has 0 saturated carbocycles. The number of rotatable bonds is 6. The predicted molar refractivity (Wildman–Crippen MR) is 162 cm³/mol. The Kier molecular flexibility index (Phi) is 9.23. The molecule has 0 bridgehead atoms. The van der Waals surface area contributed by atoms with E-state index in [0.29, 0.717) is 10.6 Å². The fraction of sp³-hybridized carbons (Fsp3) is 0.0588. The van der Waals surface area contributed by atoms with Gasteiger partial charge in [-0.05, 0) is 48.0 Å². The van der Waals surface area contributed by atoms with E-state index < -0.39 is 7.26 Å². The number of hydrogen-bond acceptors (Lipinski definition) is 2. The largest absolute Gasteiger partial charge is 0.294 e. The van der Waals surface area contributed by atoms with Crippen LogP contribution < -0.4 is 15.9 Å². The number of ketones is 1. The van der Waals surface area contributed by atoms with E-state index >= 15 is 0 Å². The Balaban J connectivity index is 0.000000236. The molecule has 4 aromatic carbocycles. The predicted octanol–water partition coefficient (Wildman–Crippen LogP) is 7.27. The third-order valence-electron chi connectivity index (χ3n) is 6.38. The minimum Gasteiger partial charge on any atom is -0.294 e. The van der Waals surface area contributed by atoms with Crippen LogP contribution in [-0.4, -0.2) is 5.78 Å². The first kappa shape index (κ1) is 27.0. The Labute approximate surface area is 230 Å². The molecule has 0 aromatic heterocycles. The highest BCUT2D eigenvalue weighted by atomic mass is 35.5. The molecule has 4 heteroatoms. The number of carbonyl (C=O) groups excluding carboxylic acids is 1. The lowest BCUT2D eigenvalue weighted by Crippen LogP contribution is -2.32. The van der Waals surface area contributed by atoms with Crippen LogP contribution >= 0.6 is 18.9 Å². The number of hydrogen-bond donors (Lipinski definition) is 0. The molecule has 0 aliphatic heterocycles. The Morgan fingerprint density at radius 3 is 1.61 bits per heavy atom. The molecule has 5 rings (SSSR count). The number of nitrogens with zero attached hydrogens (tertiary/aromatic N) is 1. The maximum atomic E-state index is 11.2. The van der Waals surface area contributed by atoms with Crippen LogP contribution in [0.3, 0.4) is 0 Å². The second-order valence-electron chi connectivity index (χ2n) is 8.82. The van der Waals surface area contributed by atoms with Crippen LogP contribution in [0.5, 0.6) is 0 Å². The molecule has 0 fully saturated rings. The van der Waals surface area contributed by atoms with Gasteiger partial charge in [0.05, 0.1) is 17.8 Å². The molecule has 0 atom stereocenters. The molecule has 0 spiro atoms. The smallest absolute Gasteiger partial charge is 0.168 e. The second kappa shape index (κ2) is 13.0. The molecule has 1 aliphatic carbocycles. The number of allylic oxidation sites excluding steroid dienone is 5. The molecule has 2 nitrogen and oxygen atoms in total. The minimum atomic E-state index is -1.78. The zero-order valence-corrected chi connectivity index (χ0v) is 22.7. The SMILES string of the molecule is C=C(C#N)C1=CC(Cl)=CCC1=O.c1ccc(C[P+](c2ccccc2)(c2ccccc2)c2ccccc2)cc1. The highest BCUT2D eigenvalue weighted by Gasteiger charge is 2.45. The summed E-state index contributed by atoms with van der Waals surface area (Å²) in [7, 11) is -1.78. The van der Waals surface area contributed by atoms with Crippen molar-refractivity contribution < 1.29 is 4.79 Å². The lowest BCUT2D eigenvalue weighted by atomic mass is 9.98. The maximum absolute atomic E-state index is 11.2. The van der Waals surface area contributed by atoms with E-state index in [9.17, 15) is 4.79 Å². The summed E-state index contributed by atoms with van der Waals surface area (Å²) in [6.07, 6.45) is 4.37. The highest BCUT2D eigenvalue weighted by Crippen LogP contribution is 2.58. The van der Waals surface area contributed by atoms with Gasteiger partial charge in [-0.1, -0.05) is 109 Å². The Morgan fingerprint density at radius 2 is 1.18 bits per heavy atom. The molecule has 38 heavy (non-hydrogen) atoms. The van der Waals surface area contributed by atoms with Crippen LogP contribution in [0.1, 0.15) is 12.0 Å². The quantitative estimate of drug-likeness (QED) is 0.193. The van der Waals surface area contributed by atoms with Crippen molar-refractivity contribution in [2.75, 3.05) is 0 Å². The van der Waals surface area contributed by atoms with Crippen LogP contribution in [0.2, 0.25) is 0 Å². The fourth-order valence-electron chi connectivity index (χ4n) is 4.52. The summed E-state index contributed by atoms with van der Waals surface area (Å²) >= 11 is 5.66. The van der Waals surface area contributed by atoms with Crippen LogP contribution in [0.4, 0.5) is 0 Å². The minimum absolute atomic E-state index is 0.106. The summed E-state index contributed by atoms with van der Waals surface area (Å²) < 4.78 is 0. The van der Waals surface area contributed by atoms with Crippen LogP contribution in [0, 0.1) is 11.3 Å². The van der Waals surface area contributed by atoms with Gasteiger partial charge < -0.3 is 0 Å². The van der Waals surface area contributed by atoms with E-state index in [1.54, 1.807) is 6.08 Å². The average molecular weight is 533 g/mol. The van der Waals surface area contributed by atoms with Gasteiger partial charge in [0.2, 0.25) is 0 Å².